The van der Waals surface area contributed by atoms with Crippen molar-refractivity contribution in [2.45, 2.75) is 77.6 Å². The Kier molecular flexibility index (Phi) is 3.42. The molecule has 0 atom stereocenters. The first-order valence-corrected chi connectivity index (χ1v) is 7.04. The van der Waals surface area contributed by atoms with Crippen molar-refractivity contribution >= 4 is 0 Å². The summed E-state index contributed by atoms with van der Waals surface area (Å²) in [6.07, 6.45) is 16.0. The zero-order chi connectivity index (χ0) is 10.8. The molecule has 3 aliphatic rings. The van der Waals surface area contributed by atoms with Crippen LogP contribution in [0.5, 0.6) is 0 Å². The van der Waals surface area contributed by atoms with Gasteiger partial charge in [-0.15, -0.1) is 0 Å². The lowest BCUT2D eigenvalue weighted by molar-refractivity contribution is 0.0114. The summed E-state index contributed by atoms with van der Waals surface area (Å²) in [5, 5.41) is 0. The minimum absolute atomic E-state index is 0.505. The maximum Gasteiger partial charge on any atom is -0.0297 e. The number of fused-ring (bicyclic) bond motifs is 3. The average molecular weight is 207 g/mol. The van der Waals surface area contributed by atoms with Crippen LogP contribution in [0.4, 0.5) is 0 Å². The van der Waals surface area contributed by atoms with E-state index in [-0.39, 0.29) is 0 Å². The van der Waals surface area contributed by atoms with Gasteiger partial charge in [-0.2, -0.15) is 0 Å². The van der Waals surface area contributed by atoms with E-state index in [1.165, 1.54) is 70.6 Å². The quantitative estimate of drug-likeness (QED) is 0.548. The summed E-state index contributed by atoms with van der Waals surface area (Å²) in [5.74, 6) is 0. The molecular weight excluding hydrogens is 180 g/mol. The Balaban J connectivity index is 1.77. The lowest BCUT2D eigenvalue weighted by atomic mass is 9.53. The van der Waals surface area contributed by atoms with Crippen LogP contribution >= 0.6 is 0 Å². The molecule has 3 aliphatic carbocycles. The highest BCUT2D eigenvalue weighted by atomic mass is 14.5. The highest BCUT2D eigenvalue weighted by Crippen LogP contribution is 2.58. The van der Waals surface area contributed by atoms with E-state index < -0.39 is 0 Å². The van der Waals surface area contributed by atoms with Crippen molar-refractivity contribution < 1.29 is 0 Å². The van der Waals surface area contributed by atoms with Crippen LogP contribution < -0.4 is 0 Å². The molecular formula is C15H27. The van der Waals surface area contributed by atoms with Crippen LogP contribution in [0.2, 0.25) is 0 Å². The summed E-state index contributed by atoms with van der Waals surface area (Å²) in [4.78, 5) is 0. The van der Waals surface area contributed by atoms with Gasteiger partial charge in [-0.1, -0.05) is 32.6 Å². The number of unbranched alkanes of at least 4 members (excludes halogenated alkanes) is 3. The first-order chi connectivity index (χ1) is 7.18. The predicted octanol–water partition coefficient (Wildman–Crippen LogP) is 5.13. The largest absolute Gasteiger partial charge is 0.0654 e. The predicted molar refractivity (Wildman–Crippen MR) is 66.7 cm³/mol. The van der Waals surface area contributed by atoms with Gasteiger partial charge in [-0.25, -0.2) is 0 Å². The molecule has 3 saturated carbocycles. The zero-order valence-electron chi connectivity index (χ0n) is 10.5. The molecule has 3 fully saturated rings. The van der Waals surface area contributed by atoms with Gasteiger partial charge >= 0.3 is 0 Å². The lowest BCUT2D eigenvalue weighted by Crippen LogP contribution is -2.39. The van der Waals surface area contributed by atoms with Gasteiger partial charge in [-0.3, -0.25) is 0 Å². The van der Waals surface area contributed by atoms with E-state index in [4.69, 9.17) is 0 Å². The van der Waals surface area contributed by atoms with Crippen LogP contribution in [0, 0.1) is 17.8 Å². The van der Waals surface area contributed by atoms with Crippen molar-refractivity contribution in [3.8, 4) is 0 Å². The second-order valence-corrected chi connectivity index (χ2v) is 6.31. The fraction of sp³-hybridized carbons (Fsp3) is 0.933. The van der Waals surface area contributed by atoms with Gasteiger partial charge in [-0.05, 0) is 62.7 Å². The number of rotatable bonds is 5. The van der Waals surface area contributed by atoms with E-state index in [9.17, 15) is 0 Å². The molecule has 1 radical (unpaired) electrons. The summed E-state index contributed by atoms with van der Waals surface area (Å²) in [6, 6.07) is 0. The normalized spacial score (nSPS) is 39.6. The Labute approximate surface area is 95.8 Å². The monoisotopic (exact) mass is 207 g/mol. The number of hydrogen-bond donors (Lipinski definition) is 0. The van der Waals surface area contributed by atoms with E-state index in [0.717, 1.165) is 5.41 Å². The molecule has 0 aromatic heterocycles. The molecule has 0 unspecified atom stereocenters. The van der Waals surface area contributed by atoms with Gasteiger partial charge < -0.3 is 0 Å². The fourth-order valence-electron chi connectivity index (χ4n) is 3.64. The van der Waals surface area contributed by atoms with Crippen LogP contribution in [0.1, 0.15) is 77.6 Å². The molecule has 0 N–H and O–H groups in total. The van der Waals surface area contributed by atoms with Gasteiger partial charge in [0.1, 0.15) is 0 Å². The van der Waals surface area contributed by atoms with Gasteiger partial charge in [0.05, 0.1) is 0 Å². The molecule has 0 aromatic carbocycles. The molecule has 0 spiro atoms. The smallest absolute Gasteiger partial charge is 0.0297 e. The van der Waals surface area contributed by atoms with E-state index in [1.807, 2.05) is 0 Å². The summed E-state index contributed by atoms with van der Waals surface area (Å²) < 4.78 is 0. The maximum absolute atomic E-state index is 4.43. The average Bonchev–Trinajstić information content (AvgIpc) is 2.27. The third-order valence-electron chi connectivity index (χ3n) is 5.12. The van der Waals surface area contributed by atoms with Gasteiger partial charge in [0.15, 0.2) is 0 Å². The fourth-order valence-corrected chi connectivity index (χ4v) is 3.64. The highest BCUT2D eigenvalue weighted by Gasteiger charge is 2.45. The van der Waals surface area contributed by atoms with E-state index in [2.05, 4.69) is 13.8 Å². The van der Waals surface area contributed by atoms with Gasteiger partial charge in [0.25, 0.3) is 0 Å². The molecule has 0 heterocycles. The topological polar surface area (TPSA) is 0 Å². The molecule has 0 amide bonds. The second-order valence-electron chi connectivity index (χ2n) is 6.31. The van der Waals surface area contributed by atoms with Crippen LogP contribution in [0.25, 0.3) is 0 Å². The lowest BCUT2D eigenvalue weighted by Gasteiger charge is -2.52. The van der Waals surface area contributed by atoms with Crippen molar-refractivity contribution in [3.05, 3.63) is 6.92 Å². The van der Waals surface area contributed by atoms with E-state index in [0.29, 0.717) is 5.41 Å². The summed E-state index contributed by atoms with van der Waals surface area (Å²) >= 11 is 0. The van der Waals surface area contributed by atoms with Crippen molar-refractivity contribution in [3.63, 3.8) is 0 Å². The third-order valence-corrected chi connectivity index (χ3v) is 5.12. The minimum atomic E-state index is 0.505. The second kappa shape index (κ2) is 4.47. The van der Waals surface area contributed by atoms with Crippen molar-refractivity contribution in [2.75, 3.05) is 0 Å². The third kappa shape index (κ3) is 2.57. The van der Waals surface area contributed by atoms with Crippen LogP contribution in [-0.2, 0) is 0 Å². The van der Waals surface area contributed by atoms with Crippen molar-refractivity contribution in [1.82, 2.24) is 0 Å². The SMILES string of the molecule is [CH2]C12CCC(CCCCCC)(CC1)CC2. The summed E-state index contributed by atoms with van der Waals surface area (Å²) in [5.41, 5.74) is 1.28. The maximum atomic E-state index is 4.43. The minimum Gasteiger partial charge on any atom is -0.0654 e. The van der Waals surface area contributed by atoms with E-state index in [1.54, 1.807) is 0 Å². The van der Waals surface area contributed by atoms with E-state index >= 15 is 0 Å². The molecule has 2 bridgehead atoms. The van der Waals surface area contributed by atoms with Gasteiger partial charge in [0.2, 0.25) is 0 Å². The van der Waals surface area contributed by atoms with Gasteiger partial charge in [0, 0.05) is 0 Å². The molecule has 0 aromatic rings. The van der Waals surface area contributed by atoms with Crippen molar-refractivity contribution in [1.29, 1.82) is 0 Å². The first kappa shape index (κ1) is 11.5. The Morgan fingerprint density at radius 3 is 2.00 bits per heavy atom. The molecule has 0 heteroatoms. The Morgan fingerprint density at radius 2 is 1.47 bits per heavy atom. The van der Waals surface area contributed by atoms with Crippen LogP contribution in [-0.4, -0.2) is 0 Å². The van der Waals surface area contributed by atoms with Crippen molar-refractivity contribution in [2.24, 2.45) is 10.8 Å². The summed E-state index contributed by atoms with van der Waals surface area (Å²) in [7, 11) is 0. The number of hydrogen-bond acceptors (Lipinski definition) is 0. The Bertz CT molecular complexity index is 180. The highest BCUT2D eigenvalue weighted by molar-refractivity contribution is 5.00. The Morgan fingerprint density at radius 1 is 0.867 bits per heavy atom. The molecule has 0 aliphatic heterocycles. The Hall–Kier alpha value is 0. The molecule has 3 rings (SSSR count). The van der Waals surface area contributed by atoms with Crippen LogP contribution in [0.3, 0.4) is 0 Å². The molecule has 0 saturated heterocycles. The first-order valence-electron chi connectivity index (χ1n) is 7.04. The standard InChI is InChI=1S/C15H27/c1-3-4-5-6-7-15-11-8-14(2,9-12-15)10-13-15/h2-13H2,1H3. The molecule has 15 heavy (non-hydrogen) atoms. The zero-order valence-corrected chi connectivity index (χ0v) is 10.5. The molecule has 0 nitrogen and oxygen atoms in total. The van der Waals surface area contributed by atoms with Crippen LogP contribution in [0.15, 0.2) is 0 Å². The molecule has 87 valence electrons. The summed E-state index contributed by atoms with van der Waals surface area (Å²) in [6.45, 7) is 6.73.